The van der Waals surface area contributed by atoms with Crippen molar-refractivity contribution >= 4 is 0 Å². The van der Waals surface area contributed by atoms with Crippen molar-refractivity contribution in [3.05, 3.63) is 18.2 Å². The molecule has 0 radical (unpaired) electrons. The Labute approximate surface area is 91.9 Å². The van der Waals surface area contributed by atoms with E-state index in [2.05, 4.69) is 27.7 Å². The lowest BCUT2D eigenvalue weighted by molar-refractivity contribution is 0.475. The van der Waals surface area contributed by atoms with Crippen molar-refractivity contribution in [2.75, 3.05) is 0 Å². The van der Waals surface area contributed by atoms with E-state index in [1.54, 1.807) is 0 Å². The largest absolute Gasteiger partial charge is 0.333 e. The molecular weight excluding hydrogens is 186 g/mol. The Kier molecular flexibility index (Phi) is 3.93. The molecule has 0 aliphatic heterocycles. The van der Waals surface area contributed by atoms with Crippen LogP contribution in [0.5, 0.6) is 0 Å². The molecule has 0 fully saturated rings. The second kappa shape index (κ2) is 4.99. The third kappa shape index (κ3) is 3.41. The van der Waals surface area contributed by atoms with Crippen molar-refractivity contribution < 1.29 is 0 Å². The Bertz CT molecular complexity index is 344. The summed E-state index contributed by atoms with van der Waals surface area (Å²) in [6.07, 6.45) is 10.3. The highest BCUT2D eigenvalue weighted by Crippen LogP contribution is 2.04. The van der Waals surface area contributed by atoms with Crippen LogP contribution in [0, 0.1) is 12.3 Å². The second-order valence-corrected chi connectivity index (χ2v) is 4.20. The molecule has 0 saturated heterocycles. The van der Waals surface area contributed by atoms with E-state index in [0.717, 1.165) is 19.5 Å². The fourth-order valence-electron chi connectivity index (χ4n) is 1.30. The molecule has 1 N–H and O–H groups in total. The predicted octanol–water partition coefficient (Wildman–Crippen LogP) is 1.79. The Balaban J connectivity index is 2.58. The van der Waals surface area contributed by atoms with Crippen LogP contribution in [-0.4, -0.2) is 15.1 Å². The average Bonchev–Trinajstić information content (AvgIpc) is 2.64. The summed E-state index contributed by atoms with van der Waals surface area (Å²) in [5.41, 5.74) is 0.918. The van der Waals surface area contributed by atoms with Crippen LogP contribution in [0.15, 0.2) is 12.5 Å². The zero-order valence-electron chi connectivity index (χ0n) is 9.75. The zero-order valence-corrected chi connectivity index (χ0v) is 9.75. The van der Waals surface area contributed by atoms with Crippen LogP contribution in [0.4, 0.5) is 0 Å². The fraction of sp³-hybridized carbons (Fsp3) is 0.583. The van der Waals surface area contributed by atoms with Crippen molar-refractivity contribution in [2.24, 2.45) is 0 Å². The standard InChI is InChI=1S/C12H19N3/c1-5-7-15-10-13-8-11(15)9-14-12(3,4)6-2/h2,8,10,14H,5,7,9H2,1,3-4H3. The first-order valence-corrected chi connectivity index (χ1v) is 5.31. The lowest BCUT2D eigenvalue weighted by Gasteiger charge is -2.19. The molecule has 0 atom stereocenters. The van der Waals surface area contributed by atoms with Gasteiger partial charge in [0.2, 0.25) is 0 Å². The van der Waals surface area contributed by atoms with Gasteiger partial charge in [0.05, 0.1) is 17.6 Å². The summed E-state index contributed by atoms with van der Waals surface area (Å²) in [4.78, 5) is 4.14. The third-order valence-corrected chi connectivity index (χ3v) is 2.34. The molecule has 0 bridgehead atoms. The zero-order chi connectivity index (χ0) is 11.3. The lowest BCUT2D eigenvalue weighted by Crippen LogP contribution is -2.37. The molecule has 0 aliphatic rings. The van der Waals surface area contributed by atoms with Crippen molar-refractivity contribution in [2.45, 2.75) is 45.8 Å². The van der Waals surface area contributed by atoms with E-state index in [9.17, 15) is 0 Å². The lowest BCUT2D eigenvalue weighted by atomic mass is 10.1. The summed E-state index contributed by atoms with van der Waals surface area (Å²) in [5, 5.41) is 3.31. The number of aromatic nitrogens is 2. The van der Waals surface area contributed by atoms with Crippen LogP contribution in [0.3, 0.4) is 0 Å². The molecule has 1 heterocycles. The van der Waals surface area contributed by atoms with Crippen molar-refractivity contribution in [1.82, 2.24) is 14.9 Å². The molecule has 0 aromatic carbocycles. The molecule has 0 spiro atoms. The Hall–Kier alpha value is -1.27. The normalized spacial score (nSPS) is 11.3. The van der Waals surface area contributed by atoms with E-state index in [-0.39, 0.29) is 5.54 Å². The van der Waals surface area contributed by atoms with Gasteiger partial charge in [-0.2, -0.15) is 0 Å². The van der Waals surface area contributed by atoms with Crippen molar-refractivity contribution in [3.8, 4) is 12.3 Å². The van der Waals surface area contributed by atoms with Gasteiger partial charge in [0.1, 0.15) is 0 Å². The number of nitrogens with zero attached hydrogens (tertiary/aromatic N) is 2. The van der Waals surface area contributed by atoms with E-state index in [1.807, 2.05) is 26.4 Å². The van der Waals surface area contributed by atoms with Gasteiger partial charge in [0.25, 0.3) is 0 Å². The molecule has 1 aromatic rings. The number of imidazole rings is 1. The highest BCUT2D eigenvalue weighted by atomic mass is 15.1. The first-order chi connectivity index (χ1) is 7.09. The first kappa shape index (κ1) is 11.8. The maximum absolute atomic E-state index is 5.41. The van der Waals surface area contributed by atoms with Gasteiger partial charge in [-0.25, -0.2) is 4.98 Å². The smallest absolute Gasteiger partial charge is 0.0948 e. The quantitative estimate of drug-likeness (QED) is 0.743. The van der Waals surface area contributed by atoms with Crippen molar-refractivity contribution in [3.63, 3.8) is 0 Å². The molecule has 3 nitrogen and oxygen atoms in total. The molecular formula is C12H19N3. The molecule has 1 rings (SSSR count). The highest BCUT2D eigenvalue weighted by molar-refractivity contribution is 5.09. The van der Waals surface area contributed by atoms with Gasteiger partial charge < -0.3 is 4.57 Å². The first-order valence-electron chi connectivity index (χ1n) is 5.31. The second-order valence-electron chi connectivity index (χ2n) is 4.20. The molecule has 0 saturated carbocycles. The van der Waals surface area contributed by atoms with E-state index in [1.165, 1.54) is 5.69 Å². The molecule has 1 aromatic heterocycles. The summed E-state index contributed by atoms with van der Waals surface area (Å²) >= 11 is 0. The van der Waals surface area contributed by atoms with Crippen LogP contribution < -0.4 is 5.32 Å². The Morgan fingerprint density at radius 3 is 2.93 bits per heavy atom. The Morgan fingerprint density at radius 1 is 1.60 bits per heavy atom. The van der Waals surface area contributed by atoms with Crippen LogP contribution in [-0.2, 0) is 13.1 Å². The average molecular weight is 205 g/mol. The van der Waals surface area contributed by atoms with Gasteiger partial charge in [-0.1, -0.05) is 12.8 Å². The number of hydrogen-bond donors (Lipinski definition) is 1. The number of nitrogens with one attached hydrogen (secondary N) is 1. The minimum atomic E-state index is -0.263. The van der Waals surface area contributed by atoms with Gasteiger partial charge in [-0.15, -0.1) is 6.42 Å². The monoisotopic (exact) mass is 205 g/mol. The van der Waals surface area contributed by atoms with Gasteiger partial charge in [-0.3, -0.25) is 5.32 Å². The van der Waals surface area contributed by atoms with Crippen LogP contribution in [0.25, 0.3) is 0 Å². The number of terminal acetylenes is 1. The van der Waals surface area contributed by atoms with Gasteiger partial charge >= 0.3 is 0 Å². The Morgan fingerprint density at radius 2 is 2.33 bits per heavy atom. The topological polar surface area (TPSA) is 29.9 Å². The fourth-order valence-corrected chi connectivity index (χ4v) is 1.30. The molecule has 82 valence electrons. The summed E-state index contributed by atoms with van der Waals surface area (Å²) in [7, 11) is 0. The molecule has 3 heteroatoms. The third-order valence-electron chi connectivity index (χ3n) is 2.34. The highest BCUT2D eigenvalue weighted by Gasteiger charge is 2.13. The predicted molar refractivity (Wildman–Crippen MR) is 62.3 cm³/mol. The number of aryl methyl sites for hydroxylation is 1. The van der Waals surface area contributed by atoms with Crippen LogP contribution in [0.2, 0.25) is 0 Å². The summed E-state index contributed by atoms with van der Waals surface area (Å²) in [5.74, 6) is 2.71. The molecule has 0 aliphatic carbocycles. The van der Waals surface area contributed by atoms with Crippen LogP contribution >= 0.6 is 0 Å². The molecule has 0 amide bonds. The number of rotatable bonds is 5. The van der Waals surface area contributed by atoms with Crippen LogP contribution in [0.1, 0.15) is 32.9 Å². The van der Waals surface area contributed by atoms with E-state index < -0.39 is 0 Å². The van der Waals surface area contributed by atoms with E-state index in [4.69, 9.17) is 6.42 Å². The maximum atomic E-state index is 5.41. The SMILES string of the molecule is C#CC(C)(C)NCc1cncn1CCC. The maximum Gasteiger partial charge on any atom is 0.0948 e. The minimum absolute atomic E-state index is 0.263. The summed E-state index contributed by atoms with van der Waals surface area (Å²) in [6, 6.07) is 0. The molecule has 0 unspecified atom stereocenters. The minimum Gasteiger partial charge on any atom is -0.333 e. The summed E-state index contributed by atoms with van der Waals surface area (Å²) in [6.45, 7) is 7.91. The molecule has 15 heavy (non-hydrogen) atoms. The van der Waals surface area contributed by atoms with Crippen molar-refractivity contribution in [1.29, 1.82) is 0 Å². The number of hydrogen-bond acceptors (Lipinski definition) is 2. The van der Waals surface area contributed by atoms with E-state index >= 15 is 0 Å². The van der Waals surface area contributed by atoms with Gasteiger partial charge in [0, 0.05) is 19.3 Å². The van der Waals surface area contributed by atoms with E-state index in [0.29, 0.717) is 0 Å². The van der Waals surface area contributed by atoms with Gasteiger partial charge in [-0.05, 0) is 20.3 Å². The summed E-state index contributed by atoms with van der Waals surface area (Å²) < 4.78 is 2.15. The van der Waals surface area contributed by atoms with Gasteiger partial charge in [0.15, 0.2) is 0 Å².